The molecule has 0 amide bonds. The van der Waals surface area contributed by atoms with Gasteiger partial charge in [-0.05, 0) is 0 Å². The number of aliphatic hydroxyl groups is 1. The van der Waals surface area contributed by atoms with E-state index in [4.69, 9.17) is 11.6 Å². The molecule has 0 saturated heterocycles. The van der Waals surface area contributed by atoms with Gasteiger partial charge in [-0.25, -0.2) is 0 Å². The van der Waals surface area contributed by atoms with E-state index in [-0.39, 0.29) is 5.56 Å². The van der Waals surface area contributed by atoms with Gasteiger partial charge >= 0.3 is 0 Å². The lowest BCUT2D eigenvalue weighted by Crippen LogP contribution is -2.41. The van der Waals surface area contributed by atoms with Crippen LogP contribution in [-0.2, 0) is 0 Å². The number of aliphatic hydroxyl groups excluding tert-OH is 1. The Bertz CT molecular complexity index is 375. The highest BCUT2D eigenvalue weighted by molar-refractivity contribution is 6.39. The minimum atomic E-state index is -1.42. The van der Waals surface area contributed by atoms with E-state index in [1.807, 2.05) is 0 Å². The number of hydrogen-bond acceptors (Lipinski definition) is 3. The van der Waals surface area contributed by atoms with Crippen LogP contribution in [-0.4, -0.2) is 28.2 Å². The maximum atomic E-state index is 11.5. The van der Waals surface area contributed by atoms with E-state index in [1.54, 1.807) is 12.1 Å². The van der Waals surface area contributed by atoms with Crippen molar-refractivity contribution < 1.29 is 14.7 Å². The van der Waals surface area contributed by atoms with Crippen LogP contribution in [0.5, 0.6) is 0 Å². The van der Waals surface area contributed by atoms with E-state index < -0.39 is 23.0 Å². The van der Waals surface area contributed by atoms with Gasteiger partial charge in [0, 0.05) is 11.1 Å². The molecule has 2 rings (SSSR count). The number of rotatable bonds is 0. The van der Waals surface area contributed by atoms with E-state index in [0.717, 1.165) is 0 Å². The average Bonchev–Trinajstić information content (AvgIpc) is 2.23. The summed E-state index contributed by atoms with van der Waals surface area (Å²) in [6, 6.07) is 6.36. The molecule has 0 unspecified atom stereocenters. The lowest BCUT2D eigenvalue weighted by Gasteiger charge is -2.22. The molecule has 0 radical (unpaired) electrons. The van der Waals surface area contributed by atoms with Crippen molar-refractivity contribution in [3.63, 3.8) is 0 Å². The van der Waals surface area contributed by atoms with Crippen molar-refractivity contribution in [3.05, 3.63) is 35.4 Å². The van der Waals surface area contributed by atoms with Gasteiger partial charge in [-0.2, -0.15) is 0 Å². The van der Waals surface area contributed by atoms with Crippen LogP contribution in [0.25, 0.3) is 0 Å². The van der Waals surface area contributed by atoms with Gasteiger partial charge in [0.1, 0.15) is 11.5 Å². The highest BCUT2D eigenvalue weighted by Gasteiger charge is 2.38. The first-order chi connectivity index (χ1) is 6.63. The lowest BCUT2D eigenvalue weighted by atomic mass is 9.87. The van der Waals surface area contributed by atoms with Crippen LogP contribution in [0.3, 0.4) is 0 Å². The van der Waals surface area contributed by atoms with Crippen LogP contribution in [0, 0.1) is 0 Å². The summed E-state index contributed by atoms with van der Waals surface area (Å²) in [6.45, 7) is 0. The molecule has 0 bridgehead atoms. The molecule has 0 heterocycles. The Hall–Kier alpha value is -1.19. The fourth-order valence-electron chi connectivity index (χ4n) is 1.50. The minimum Gasteiger partial charge on any atom is -0.383 e. The predicted molar refractivity (Wildman–Crippen MR) is 50.8 cm³/mol. The number of fused-ring (bicyclic) bond motifs is 1. The topological polar surface area (TPSA) is 54.4 Å². The summed E-state index contributed by atoms with van der Waals surface area (Å²) in [5, 5.41) is 8.21. The Balaban J connectivity index is 2.62. The summed E-state index contributed by atoms with van der Waals surface area (Å²) in [6.07, 6.45) is -1.42. The van der Waals surface area contributed by atoms with Crippen molar-refractivity contribution >= 4 is 23.2 Å². The van der Waals surface area contributed by atoms with Crippen LogP contribution in [0.15, 0.2) is 24.3 Å². The van der Waals surface area contributed by atoms with Gasteiger partial charge in [0.2, 0.25) is 0 Å². The smallest absolute Gasteiger partial charge is 0.194 e. The zero-order valence-electron chi connectivity index (χ0n) is 7.11. The number of hydrogen-bond donors (Lipinski definition) is 1. The Morgan fingerprint density at radius 2 is 1.57 bits per heavy atom. The molecule has 14 heavy (non-hydrogen) atoms. The number of ketones is 2. The van der Waals surface area contributed by atoms with Crippen molar-refractivity contribution in [1.82, 2.24) is 0 Å². The van der Waals surface area contributed by atoms with E-state index in [0.29, 0.717) is 5.56 Å². The number of carbonyl (C=O) groups excluding carboxylic acids is 2. The van der Waals surface area contributed by atoms with Crippen molar-refractivity contribution in [2.24, 2.45) is 0 Å². The molecule has 2 atom stereocenters. The van der Waals surface area contributed by atoms with E-state index in [1.165, 1.54) is 12.1 Å². The lowest BCUT2D eigenvalue weighted by molar-refractivity contribution is 0.0662. The molecule has 3 nitrogen and oxygen atoms in total. The fourth-order valence-corrected chi connectivity index (χ4v) is 1.73. The van der Waals surface area contributed by atoms with Gasteiger partial charge < -0.3 is 5.11 Å². The van der Waals surface area contributed by atoms with Crippen LogP contribution in [0.4, 0.5) is 0 Å². The van der Waals surface area contributed by atoms with Gasteiger partial charge in [0.15, 0.2) is 11.6 Å². The maximum Gasteiger partial charge on any atom is 0.194 e. The molecule has 0 aromatic heterocycles. The van der Waals surface area contributed by atoms with E-state index >= 15 is 0 Å². The molecular weight excluding hydrogens is 204 g/mol. The predicted octanol–water partition coefficient (Wildman–Crippen LogP) is 1.03. The molecule has 0 saturated carbocycles. The molecule has 0 fully saturated rings. The Kier molecular flexibility index (Phi) is 2.13. The highest BCUT2D eigenvalue weighted by atomic mass is 35.5. The number of halogens is 1. The van der Waals surface area contributed by atoms with Crippen LogP contribution < -0.4 is 0 Å². The zero-order valence-corrected chi connectivity index (χ0v) is 7.86. The van der Waals surface area contributed by atoms with Gasteiger partial charge in [0.05, 0.1) is 0 Å². The van der Waals surface area contributed by atoms with Gasteiger partial charge in [-0.1, -0.05) is 24.3 Å². The number of benzene rings is 1. The fraction of sp³-hybridized carbons (Fsp3) is 0.200. The Labute approximate surface area is 85.3 Å². The van der Waals surface area contributed by atoms with Crippen LogP contribution in [0.2, 0.25) is 0 Å². The summed E-state index contributed by atoms with van der Waals surface area (Å²) in [7, 11) is 0. The Morgan fingerprint density at radius 1 is 1.07 bits per heavy atom. The van der Waals surface area contributed by atoms with Crippen molar-refractivity contribution in [3.8, 4) is 0 Å². The molecule has 1 aromatic rings. The second-order valence-electron chi connectivity index (χ2n) is 3.12. The van der Waals surface area contributed by atoms with Crippen LogP contribution >= 0.6 is 11.6 Å². The van der Waals surface area contributed by atoms with Gasteiger partial charge in [0.25, 0.3) is 0 Å². The van der Waals surface area contributed by atoms with E-state index in [2.05, 4.69) is 0 Å². The molecule has 1 aromatic carbocycles. The number of Topliss-reactive ketones (excluding diaryl/α,β-unsaturated/α-hetero) is 2. The summed E-state index contributed by atoms with van der Waals surface area (Å²) in [5.41, 5.74) is 0.546. The molecule has 4 heteroatoms. The maximum absolute atomic E-state index is 11.5. The SMILES string of the molecule is O=C1c2ccccc2C(=O)[C@H](O)[C@@H]1Cl. The Morgan fingerprint density at radius 3 is 2.14 bits per heavy atom. The average molecular weight is 211 g/mol. The highest BCUT2D eigenvalue weighted by Crippen LogP contribution is 2.24. The summed E-state index contributed by atoms with van der Waals surface area (Å²) in [5.74, 6) is -0.880. The minimum absolute atomic E-state index is 0.252. The monoisotopic (exact) mass is 210 g/mol. The third kappa shape index (κ3) is 1.17. The largest absolute Gasteiger partial charge is 0.383 e. The van der Waals surface area contributed by atoms with Gasteiger partial charge in [-0.3, -0.25) is 9.59 Å². The standard InChI is InChI=1S/C10H7ClO3/c11-7-8(12)5-3-1-2-4-6(5)9(13)10(7)14/h1-4,7,10,14H/t7-,10-/m1/s1. The normalized spacial score (nSPS) is 26.1. The molecular formula is C10H7ClO3. The first-order valence-corrected chi connectivity index (χ1v) is 4.56. The molecule has 1 aliphatic rings. The summed E-state index contributed by atoms with van der Waals surface area (Å²) in [4.78, 5) is 23.0. The quantitative estimate of drug-likeness (QED) is 0.651. The number of alkyl halides is 1. The number of carbonyl (C=O) groups is 2. The summed E-state index contributed by atoms with van der Waals surface area (Å²) < 4.78 is 0. The molecule has 1 N–H and O–H groups in total. The second kappa shape index (κ2) is 3.19. The van der Waals surface area contributed by atoms with Crippen LogP contribution in [0.1, 0.15) is 20.7 Å². The van der Waals surface area contributed by atoms with E-state index in [9.17, 15) is 14.7 Å². The van der Waals surface area contributed by atoms with Crippen molar-refractivity contribution in [1.29, 1.82) is 0 Å². The third-order valence-electron chi connectivity index (χ3n) is 2.25. The van der Waals surface area contributed by atoms with Gasteiger partial charge in [-0.15, -0.1) is 11.6 Å². The van der Waals surface area contributed by atoms with Crippen molar-refractivity contribution in [2.75, 3.05) is 0 Å². The molecule has 0 spiro atoms. The molecule has 72 valence electrons. The first-order valence-electron chi connectivity index (χ1n) is 4.12. The van der Waals surface area contributed by atoms with Crippen molar-refractivity contribution in [2.45, 2.75) is 11.5 Å². The molecule has 0 aliphatic heterocycles. The zero-order chi connectivity index (χ0) is 10.3. The third-order valence-corrected chi connectivity index (χ3v) is 2.69. The summed E-state index contributed by atoms with van der Waals surface area (Å²) >= 11 is 5.62. The second-order valence-corrected chi connectivity index (χ2v) is 3.59. The first kappa shape index (κ1) is 9.37. The molecule has 1 aliphatic carbocycles.